The standard InChI is InChI=1S/C13H17NO4S/c1-16-9-6-8(7-10(17-2)12(9)18-3)13-14-11(15)4-5-19-13/h6-7,13H,4-5H2,1-3H3,(H,14,15). The van der Waals surface area contributed by atoms with Crippen molar-refractivity contribution in [3.63, 3.8) is 0 Å². The van der Waals surface area contributed by atoms with Crippen LogP contribution in [0, 0.1) is 0 Å². The lowest BCUT2D eigenvalue weighted by molar-refractivity contribution is -0.121. The molecule has 1 heterocycles. The van der Waals surface area contributed by atoms with E-state index in [4.69, 9.17) is 14.2 Å². The van der Waals surface area contributed by atoms with Gasteiger partial charge in [-0.3, -0.25) is 4.79 Å². The van der Waals surface area contributed by atoms with Crippen molar-refractivity contribution in [3.05, 3.63) is 17.7 Å². The van der Waals surface area contributed by atoms with Crippen molar-refractivity contribution in [3.8, 4) is 17.2 Å². The van der Waals surface area contributed by atoms with Crippen molar-refractivity contribution in [1.82, 2.24) is 5.32 Å². The average molecular weight is 283 g/mol. The average Bonchev–Trinajstić information content (AvgIpc) is 2.45. The van der Waals surface area contributed by atoms with Gasteiger partial charge < -0.3 is 19.5 Å². The Bertz CT molecular complexity index is 453. The minimum absolute atomic E-state index is 0.0671. The first kappa shape index (κ1) is 13.9. The van der Waals surface area contributed by atoms with Crippen LogP contribution in [-0.4, -0.2) is 33.0 Å². The fourth-order valence-corrected chi connectivity index (χ4v) is 3.04. The topological polar surface area (TPSA) is 56.8 Å². The third-order valence-electron chi connectivity index (χ3n) is 2.90. The van der Waals surface area contributed by atoms with Gasteiger partial charge in [-0.1, -0.05) is 0 Å². The summed E-state index contributed by atoms with van der Waals surface area (Å²) in [5.74, 6) is 2.63. The molecule has 1 aliphatic rings. The SMILES string of the molecule is COc1cc(C2NC(=O)CCS2)cc(OC)c1OC. The van der Waals surface area contributed by atoms with Crippen molar-refractivity contribution in [2.45, 2.75) is 11.8 Å². The lowest BCUT2D eigenvalue weighted by Crippen LogP contribution is -2.31. The van der Waals surface area contributed by atoms with Gasteiger partial charge in [0.25, 0.3) is 0 Å². The molecule has 1 atom stereocenters. The molecule has 0 bridgehead atoms. The maximum absolute atomic E-state index is 11.5. The van der Waals surface area contributed by atoms with E-state index in [1.807, 2.05) is 12.1 Å². The minimum Gasteiger partial charge on any atom is -0.493 e. The third-order valence-corrected chi connectivity index (χ3v) is 4.06. The number of thioether (sulfide) groups is 1. The Morgan fingerprint density at radius 1 is 1.16 bits per heavy atom. The van der Waals surface area contributed by atoms with Gasteiger partial charge >= 0.3 is 0 Å². The predicted molar refractivity (Wildman–Crippen MR) is 74.1 cm³/mol. The zero-order valence-electron chi connectivity index (χ0n) is 11.2. The molecule has 2 rings (SSSR count). The maximum atomic E-state index is 11.5. The van der Waals surface area contributed by atoms with Crippen molar-refractivity contribution in [2.24, 2.45) is 0 Å². The number of rotatable bonds is 4. The van der Waals surface area contributed by atoms with E-state index in [0.29, 0.717) is 23.7 Å². The van der Waals surface area contributed by atoms with Crippen LogP contribution in [-0.2, 0) is 4.79 Å². The molecule has 1 aromatic rings. The van der Waals surface area contributed by atoms with Crippen LogP contribution in [0.5, 0.6) is 17.2 Å². The highest BCUT2D eigenvalue weighted by molar-refractivity contribution is 7.99. The van der Waals surface area contributed by atoms with Crippen LogP contribution >= 0.6 is 11.8 Å². The molecule has 1 unspecified atom stereocenters. The second-order valence-electron chi connectivity index (χ2n) is 4.03. The zero-order valence-corrected chi connectivity index (χ0v) is 12.0. The first-order valence-corrected chi connectivity index (χ1v) is 6.95. The predicted octanol–water partition coefficient (Wildman–Crippen LogP) is 1.96. The Hall–Kier alpha value is -1.56. The highest BCUT2D eigenvalue weighted by Gasteiger charge is 2.23. The number of ether oxygens (including phenoxy) is 3. The highest BCUT2D eigenvalue weighted by atomic mass is 32.2. The molecule has 0 radical (unpaired) electrons. The third kappa shape index (κ3) is 2.89. The van der Waals surface area contributed by atoms with Gasteiger partial charge in [0.1, 0.15) is 5.37 Å². The second-order valence-corrected chi connectivity index (χ2v) is 5.24. The monoisotopic (exact) mass is 283 g/mol. The van der Waals surface area contributed by atoms with Gasteiger partial charge in [-0.2, -0.15) is 0 Å². The van der Waals surface area contributed by atoms with Crippen molar-refractivity contribution < 1.29 is 19.0 Å². The Morgan fingerprint density at radius 2 is 1.79 bits per heavy atom. The summed E-state index contributed by atoms with van der Waals surface area (Å²) >= 11 is 1.69. The van der Waals surface area contributed by atoms with E-state index in [1.165, 1.54) is 0 Å². The van der Waals surface area contributed by atoms with Gasteiger partial charge in [0, 0.05) is 12.2 Å². The molecule has 0 aromatic heterocycles. The molecule has 1 fully saturated rings. The second kappa shape index (κ2) is 6.06. The molecule has 0 saturated carbocycles. The van der Waals surface area contributed by atoms with E-state index >= 15 is 0 Å². The lowest BCUT2D eigenvalue weighted by atomic mass is 10.1. The van der Waals surface area contributed by atoms with Gasteiger partial charge in [0.05, 0.1) is 21.3 Å². The van der Waals surface area contributed by atoms with E-state index in [0.717, 1.165) is 11.3 Å². The molecule has 6 heteroatoms. The van der Waals surface area contributed by atoms with Crippen LogP contribution < -0.4 is 19.5 Å². The molecule has 1 aromatic carbocycles. The minimum atomic E-state index is -0.0741. The largest absolute Gasteiger partial charge is 0.493 e. The smallest absolute Gasteiger partial charge is 0.221 e. The van der Waals surface area contributed by atoms with Crippen LogP contribution in [0.4, 0.5) is 0 Å². The van der Waals surface area contributed by atoms with Crippen molar-refractivity contribution >= 4 is 17.7 Å². The molecular weight excluding hydrogens is 266 g/mol. The molecule has 0 spiro atoms. The number of carbonyl (C=O) groups excluding carboxylic acids is 1. The highest BCUT2D eigenvalue weighted by Crippen LogP contribution is 2.42. The van der Waals surface area contributed by atoms with E-state index in [9.17, 15) is 4.79 Å². The summed E-state index contributed by atoms with van der Waals surface area (Å²) in [7, 11) is 4.72. The van der Waals surface area contributed by atoms with E-state index in [1.54, 1.807) is 33.1 Å². The molecule has 1 saturated heterocycles. The number of carbonyl (C=O) groups is 1. The molecule has 1 amide bonds. The summed E-state index contributed by atoms with van der Waals surface area (Å²) in [5, 5.41) is 2.87. The number of nitrogens with one attached hydrogen (secondary N) is 1. The van der Waals surface area contributed by atoms with Gasteiger partial charge in [0.15, 0.2) is 11.5 Å². The number of methoxy groups -OCH3 is 3. The molecule has 0 aliphatic carbocycles. The zero-order chi connectivity index (χ0) is 13.8. The van der Waals surface area contributed by atoms with Crippen LogP contribution in [0.1, 0.15) is 17.4 Å². The summed E-state index contributed by atoms with van der Waals surface area (Å²) in [4.78, 5) is 11.5. The Labute approximate surface area is 116 Å². The summed E-state index contributed by atoms with van der Waals surface area (Å²) in [6.45, 7) is 0. The first-order chi connectivity index (χ1) is 9.19. The van der Waals surface area contributed by atoms with Crippen LogP contribution in [0.25, 0.3) is 0 Å². The van der Waals surface area contributed by atoms with Gasteiger partial charge in [-0.25, -0.2) is 0 Å². The normalized spacial score (nSPS) is 18.7. The number of benzene rings is 1. The molecule has 5 nitrogen and oxygen atoms in total. The quantitative estimate of drug-likeness (QED) is 0.915. The first-order valence-electron chi connectivity index (χ1n) is 5.90. The molecule has 104 valence electrons. The van der Waals surface area contributed by atoms with Crippen molar-refractivity contribution in [2.75, 3.05) is 27.1 Å². The summed E-state index contributed by atoms with van der Waals surface area (Å²) in [6, 6.07) is 3.73. The van der Waals surface area contributed by atoms with Crippen LogP contribution in [0.2, 0.25) is 0 Å². The van der Waals surface area contributed by atoms with E-state index in [-0.39, 0.29) is 11.3 Å². The maximum Gasteiger partial charge on any atom is 0.221 e. The number of hydrogen-bond acceptors (Lipinski definition) is 5. The molecule has 1 N–H and O–H groups in total. The van der Waals surface area contributed by atoms with E-state index in [2.05, 4.69) is 5.32 Å². The fourth-order valence-electron chi connectivity index (χ4n) is 1.96. The van der Waals surface area contributed by atoms with Gasteiger partial charge in [-0.15, -0.1) is 11.8 Å². The van der Waals surface area contributed by atoms with Crippen LogP contribution in [0.3, 0.4) is 0 Å². The summed E-state index contributed by atoms with van der Waals surface area (Å²) in [5.41, 5.74) is 0.938. The summed E-state index contributed by atoms with van der Waals surface area (Å²) < 4.78 is 15.9. The Kier molecular flexibility index (Phi) is 4.42. The van der Waals surface area contributed by atoms with E-state index < -0.39 is 0 Å². The van der Waals surface area contributed by atoms with Gasteiger partial charge in [-0.05, 0) is 17.7 Å². The summed E-state index contributed by atoms with van der Waals surface area (Å²) in [6.07, 6.45) is 0.561. The Balaban J connectivity index is 2.37. The lowest BCUT2D eigenvalue weighted by Gasteiger charge is -2.24. The number of hydrogen-bond donors (Lipinski definition) is 1. The van der Waals surface area contributed by atoms with Crippen molar-refractivity contribution in [1.29, 1.82) is 0 Å². The Morgan fingerprint density at radius 3 is 2.26 bits per heavy atom. The van der Waals surface area contributed by atoms with Crippen LogP contribution in [0.15, 0.2) is 12.1 Å². The fraction of sp³-hybridized carbons (Fsp3) is 0.462. The molecular formula is C13H17NO4S. The number of amides is 1. The van der Waals surface area contributed by atoms with Gasteiger partial charge in [0.2, 0.25) is 11.7 Å². The molecule has 19 heavy (non-hydrogen) atoms. The molecule has 1 aliphatic heterocycles.